The van der Waals surface area contributed by atoms with Gasteiger partial charge in [-0.05, 0) is 6.07 Å². The van der Waals surface area contributed by atoms with Gasteiger partial charge in [-0.3, -0.25) is 4.79 Å². The topological polar surface area (TPSA) is 65.5 Å². The van der Waals surface area contributed by atoms with Crippen molar-refractivity contribution in [3.05, 3.63) is 28.5 Å². The van der Waals surface area contributed by atoms with Crippen molar-refractivity contribution < 1.29 is 22.8 Å². The summed E-state index contributed by atoms with van der Waals surface area (Å²) in [5.41, 5.74) is -1.22. The molecule has 0 aliphatic carbocycles. The molecule has 0 spiro atoms. The number of carbonyl (C=O) groups excluding carboxylic acids is 2. The highest BCUT2D eigenvalue weighted by Gasteiger charge is 2.40. The second-order valence-corrected chi connectivity index (χ2v) is 5.75. The predicted molar refractivity (Wildman–Crippen MR) is 74.0 cm³/mol. The van der Waals surface area contributed by atoms with E-state index in [9.17, 15) is 22.8 Å². The van der Waals surface area contributed by atoms with Gasteiger partial charge in [-0.25, -0.2) is 9.78 Å². The van der Waals surface area contributed by atoms with E-state index in [4.69, 9.17) is 11.6 Å². The van der Waals surface area contributed by atoms with Crippen LogP contribution in [0.5, 0.6) is 0 Å². The van der Waals surface area contributed by atoms with Crippen LogP contribution in [0.3, 0.4) is 0 Å². The smallest absolute Gasteiger partial charge is 0.336 e. The number of alkyl halides is 3. The van der Waals surface area contributed by atoms with Gasteiger partial charge in [0.05, 0.1) is 16.6 Å². The van der Waals surface area contributed by atoms with Crippen LogP contribution in [-0.2, 0) is 6.18 Å². The van der Waals surface area contributed by atoms with E-state index in [1.807, 2.05) is 0 Å². The number of nitrogens with zero attached hydrogens (tertiary/aromatic N) is 3. The lowest BCUT2D eigenvalue weighted by atomic mass is 10.1. The first-order valence-corrected chi connectivity index (χ1v) is 7.21. The van der Waals surface area contributed by atoms with Crippen LogP contribution >= 0.6 is 11.6 Å². The number of aromatic nitrogens is 1. The Hall–Kier alpha value is -2.03. The number of nitrogens with one attached hydrogen (secondary N) is 1. The first kappa shape index (κ1) is 15.9. The highest BCUT2D eigenvalue weighted by molar-refractivity contribution is 6.33. The van der Waals surface area contributed by atoms with Gasteiger partial charge in [0.2, 0.25) is 0 Å². The molecule has 0 atom stereocenters. The van der Waals surface area contributed by atoms with Crippen molar-refractivity contribution >= 4 is 23.5 Å². The van der Waals surface area contributed by atoms with Gasteiger partial charge >= 0.3 is 12.2 Å². The Bertz CT molecular complexity index is 661. The minimum absolute atomic E-state index is 0.0883. The molecule has 0 unspecified atom stereocenters. The summed E-state index contributed by atoms with van der Waals surface area (Å²) in [5, 5.41) is 2.33. The van der Waals surface area contributed by atoms with Gasteiger partial charge in [0, 0.05) is 32.4 Å². The lowest BCUT2D eigenvalue weighted by Gasteiger charge is -2.43. The van der Waals surface area contributed by atoms with E-state index in [0.717, 1.165) is 0 Å². The first-order valence-electron chi connectivity index (χ1n) is 6.84. The predicted octanol–water partition coefficient (Wildman–Crippen LogP) is 1.60. The van der Waals surface area contributed by atoms with Gasteiger partial charge in [0.25, 0.3) is 5.91 Å². The Balaban J connectivity index is 1.67. The number of hydrogen-bond acceptors (Lipinski definition) is 3. The van der Waals surface area contributed by atoms with Crippen molar-refractivity contribution in [2.45, 2.75) is 12.2 Å². The zero-order valence-electron chi connectivity index (χ0n) is 11.7. The summed E-state index contributed by atoms with van der Waals surface area (Å²) in [6.45, 7) is 1.76. The zero-order chi connectivity index (χ0) is 16.8. The molecule has 2 saturated heterocycles. The van der Waals surface area contributed by atoms with E-state index in [1.54, 1.807) is 4.90 Å². The summed E-state index contributed by atoms with van der Waals surface area (Å²) in [6.07, 6.45) is -3.98. The minimum Gasteiger partial charge on any atom is -0.336 e. The number of hydrogen-bond donors (Lipinski definition) is 1. The molecule has 6 nitrogen and oxygen atoms in total. The Morgan fingerprint density at radius 2 is 2.09 bits per heavy atom. The normalized spacial score (nSPS) is 18.9. The minimum atomic E-state index is -4.57. The number of halogens is 4. The van der Waals surface area contributed by atoms with Crippen LogP contribution in [-0.4, -0.2) is 58.9 Å². The lowest BCUT2D eigenvalue weighted by molar-refractivity contribution is -0.137. The second-order valence-electron chi connectivity index (χ2n) is 5.34. The number of amides is 3. The number of pyridine rings is 1. The summed E-state index contributed by atoms with van der Waals surface area (Å²) in [6, 6.07) is 0.426. The van der Waals surface area contributed by atoms with Crippen LogP contribution < -0.4 is 5.32 Å². The van der Waals surface area contributed by atoms with Gasteiger partial charge in [0.1, 0.15) is 5.69 Å². The third-order valence-electron chi connectivity index (χ3n) is 3.85. The molecule has 2 aliphatic rings. The highest BCUT2D eigenvalue weighted by Crippen LogP contribution is 2.31. The third kappa shape index (κ3) is 2.92. The van der Waals surface area contributed by atoms with Crippen molar-refractivity contribution in [3.63, 3.8) is 0 Å². The third-order valence-corrected chi connectivity index (χ3v) is 4.14. The highest BCUT2D eigenvalue weighted by atomic mass is 35.5. The molecule has 1 aromatic heterocycles. The van der Waals surface area contributed by atoms with Gasteiger partial charge < -0.3 is 15.1 Å². The molecule has 10 heteroatoms. The molecule has 23 heavy (non-hydrogen) atoms. The Morgan fingerprint density at radius 3 is 2.61 bits per heavy atom. The van der Waals surface area contributed by atoms with Gasteiger partial charge in [-0.15, -0.1) is 0 Å². The Kier molecular flexibility index (Phi) is 3.83. The Labute approximate surface area is 134 Å². The summed E-state index contributed by atoms with van der Waals surface area (Å²) in [4.78, 5) is 30.3. The fourth-order valence-corrected chi connectivity index (χ4v) is 2.80. The monoisotopic (exact) mass is 348 g/mol. The molecule has 0 aromatic carbocycles. The zero-order valence-corrected chi connectivity index (χ0v) is 12.5. The lowest BCUT2D eigenvalue weighted by Crippen LogP contribution is -2.61. The van der Waals surface area contributed by atoms with Crippen molar-refractivity contribution in [1.82, 2.24) is 20.1 Å². The van der Waals surface area contributed by atoms with Crippen LogP contribution in [0.15, 0.2) is 12.3 Å². The van der Waals surface area contributed by atoms with E-state index in [1.165, 1.54) is 4.90 Å². The Morgan fingerprint density at radius 1 is 1.39 bits per heavy atom. The van der Waals surface area contributed by atoms with E-state index >= 15 is 0 Å². The largest absolute Gasteiger partial charge is 0.417 e. The average Bonchev–Trinajstić information content (AvgIpc) is 2.82. The van der Waals surface area contributed by atoms with Crippen LogP contribution in [0.1, 0.15) is 16.1 Å². The van der Waals surface area contributed by atoms with Gasteiger partial charge in [-0.2, -0.15) is 13.2 Å². The van der Waals surface area contributed by atoms with E-state index in [2.05, 4.69) is 10.3 Å². The number of likely N-dealkylation sites (tertiary alicyclic amines) is 1. The fourth-order valence-electron chi connectivity index (χ4n) is 2.55. The summed E-state index contributed by atoms with van der Waals surface area (Å²) < 4.78 is 37.7. The van der Waals surface area contributed by atoms with Crippen LogP contribution in [0, 0.1) is 0 Å². The average molecular weight is 349 g/mol. The molecular formula is C13H12ClF3N4O2. The summed E-state index contributed by atoms with van der Waals surface area (Å²) in [7, 11) is 0. The number of carbonyl (C=O) groups is 2. The fraction of sp³-hybridized carbons (Fsp3) is 0.462. The molecule has 2 fully saturated rings. The first-order chi connectivity index (χ1) is 10.8. The van der Waals surface area contributed by atoms with Gasteiger partial charge in [0.15, 0.2) is 0 Å². The molecule has 3 rings (SSSR count). The molecule has 3 amide bonds. The van der Waals surface area contributed by atoms with Gasteiger partial charge in [-0.1, -0.05) is 11.6 Å². The van der Waals surface area contributed by atoms with E-state index in [-0.39, 0.29) is 22.8 Å². The number of urea groups is 1. The maximum Gasteiger partial charge on any atom is 0.417 e. The maximum absolute atomic E-state index is 12.6. The molecular weight excluding hydrogens is 337 g/mol. The summed E-state index contributed by atoms with van der Waals surface area (Å²) >= 11 is 5.76. The quantitative estimate of drug-likeness (QED) is 0.883. The van der Waals surface area contributed by atoms with Crippen molar-refractivity contribution in [3.8, 4) is 0 Å². The van der Waals surface area contributed by atoms with Crippen LogP contribution in [0.25, 0.3) is 0 Å². The number of rotatable bonds is 2. The molecule has 0 bridgehead atoms. The van der Waals surface area contributed by atoms with Crippen molar-refractivity contribution in [1.29, 1.82) is 0 Å². The van der Waals surface area contributed by atoms with Crippen molar-refractivity contribution in [2.24, 2.45) is 0 Å². The second kappa shape index (κ2) is 5.55. The molecule has 1 N–H and O–H groups in total. The SMILES string of the molecule is O=C(c1ncc(C(F)(F)F)cc1Cl)N1CC(N2CCNC2=O)C1. The molecule has 3 heterocycles. The van der Waals surface area contributed by atoms with E-state index in [0.29, 0.717) is 38.4 Å². The maximum atomic E-state index is 12.6. The molecule has 2 aliphatic heterocycles. The molecule has 0 radical (unpaired) electrons. The van der Waals surface area contributed by atoms with E-state index < -0.39 is 17.6 Å². The summed E-state index contributed by atoms with van der Waals surface area (Å²) in [5.74, 6) is -0.542. The van der Waals surface area contributed by atoms with Crippen molar-refractivity contribution in [2.75, 3.05) is 26.2 Å². The van der Waals surface area contributed by atoms with Crippen LogP contribution in [0.4, 0.5) is 18.0 Å². The van der Waals surface area contributed by atoms with Crippen LogP contribution in [0.2, 0.25) is 5.02 Å². The standard InChI is InChI=1S/C13H12ClF3N4O2/c14-9-3-7(13(15,16)17)4-19-10(9)11(22)20-5-8(6-20)21-2-1-18-12(21)23/h3-4,8H,1-2,5-6H2,(H,18,23). The molecule has 0 saturated carbocycles. The molecule has 1 aromatic rings. The molecule has 124 valence electrons.